The Morgan fingerprint density at radius 2 is 1.82 bits per heavy atom. The summed E-state index contributed by atoms with van der Waals surface area (Å²) in [4.78, 5) is 36.3. The smallest absolute Gasteiger partial charge is 0.338 e. The molecule has 0 radical (unpaired) electrons. The fraction of sp³-hybridized carbons (Fsp3) is 0.467. The molecule has 1 aliphatic heterocycles. The van der Waals surface area contributed by atoms with Gasteiger partial charge in [-0.25, -0.2) is 4.79 Å². The molecule has 0 spiro atoms. The number of hydrogen-bond donors (Lipinski definition) is 0. The summed E-state index contributed by atoms with van der Waals surface area (Å²) in [5, 5.41) is 11.0. The van der Waals surface area contributed by atoms with Crippen LogP contribution < -0.4 is 0 Å². The van der Waals surface area contributed by atoms with Crippen LogP contribution in [0.4, 0.5) is 5.69 Å². The number of likely N-dealkylation sites (tertiary alicyclic amines) is 1. The van der Waals surface area contributed by atoms with Gasteiger partial charge in [-0.05, 0) is 32.3 Å². The number of rotatable bonds is 4. The number of nitrogens with zero attached hydrogens (tertiary/aromatic N) is 2. The molecule has 0 aliphatic carbocycles. The highest BCUT2D eigenvalue weighted by atomic mass is 16.6. The number of hydrogen-bond acceptors (Lipinski definition) is 5. The van der Waals surface area contributed by atoms with E-state index in [0.717, 1.165) is 25.3 Å². The van der Waals surface area contributed by atoms with Crippen LogP contribution in [0.1, 0.15) is 46.9 Å². The predicted octanol–water partition coefficient (Wildman–Crippen LogP) is 2.40. The molecule has 1 saturated heterocycles. The molecule has 0 unspecified atom stereocenters. The highest BCUT2D eigenvalue weighted by Gasteiger charge is 2.23. The van der Waals surface area contributed by atoms with Crippen molar-refractivity contribution >= 4 is 17.6 Å². The van der Waals surface area contributed by atoms with Gasteiger partial charge in [-0.3, -0.25) is 14.9 Å². The number of ether oxygens (including phenoxy) is 1. The normalized spacial score (nSPS) is 14.5. The van der Waals surface area contributed by atoms with Crippen LogP contribution in [-0.2, 0) is 4.74 Å². The monoisotopic (exact) mass is 306 g/mol. The number of nitro benzene ring substituents is 1. The maximum absolute atomic E-state index is 12.5. The number of carbonyl (C=O) groups is 2. The molecule has 7 heteroatoms. The summed E-state index contributed by atoms with van der Waals surface area (Å²) in [5.74, 6) is -0.951. The van der Waals surface area contributed by atoms with Crippen LogP contribution in [0.25, 0.3) is 0 Å². The summed E-state index contributed by atoms with van der Waals surface area (Å²) in [7, 11) is 0. The van der Waals surface area contributed by atoms with Gasteiger partial charge in [0, 0.05) is 30.8 Å². The second-order valence-corrected chi connectivity index (χ2v) is 5.10. The Hall–Kier alpha value is -2.44. The molecule has 118 valence electrons. The van der Waals surface area contributed by atoms with Gasteiger partial charge in [-0.2, -0.15) is 0 Å². The van der Waals surface area contributed by atoms with Crippen LogP contribution in [0.3, 0.4) is 0 Å². The van der Waals surface area contributed by atoms with Crippen LogP contribution >= 0.6 is 0 Å². The third-order valence-corrected chi connectivity index (χ3v) is 3.53. The lowest BCUT2D eigenvalue weighted by molar-refractivity contribution is -0.384. The van der Waals surface area contributed by atoms with E-state index in [-0.39, 0.29) is 29.3 Å². The van der Waals surface area contributed by atoms with E-state index in [1.807, 2.05) is 0 Å². The van der Waals surface area contributed by atoms with Crippen molar-refractivity contribution in [2.24, 2.45) is 0 Å². The number of nitro groups is 1. The van der Waals surface area contributed by atoms with Crippen molar-refractivity contribution in [2.75, 3.05) is 19.7 Å². The number of esters is 1. The minimum absolute atomic E-state index is 0.0245. The average Bonchev–Trinajstić information content (AvgIpc) is 2.54. The largest absolute Gasteiger partial charge is 0.462 e. The zero-order valence-corrected chi connectivity index (χ0v) is 12.4. The molecule has 22 heavy (non-hydrogen) atoms. The molecule has 1 aliphatic rings. The number of amides is 1. The van der Waals surface area contributed by atoms with E-state index < -0.39 is 10.9 Å². The van der Waals surface area contributed by atoms with Crippen LogP contribution in [0.15, 0.2) is 18.2 Å². The van der Waals surface area contributed by atoms with E-state index in [2.05, 4.69) is 0 Å². The number of non-ortho nitro benzene ring substituents is 1. The average molecular weight is 306 g/mol. The number of benzene rings is 1. The van der Waals surface area contributed by atoms with Crippen LogP contribution in [0.2, 0.25) is 0 Å². The van der Waals surface area contributed by atoms with E-state index >= 15 is 0 Å². The summed E-state index contributed by atoms with van der Waals surface area (Å²) in [6, 6.07) is 3.70. The molecule has 0 N–H and O–H groups in total. The highest BCUT2D eigenvalue weighted by Crippen LogP contribution is 2.21. The fourth-order valence-electron chi connectivity index (χ4n) is 2.45. The topological polar surface area (TPSA) is 89.8 Å². The summed E-state index contributed by atoms with van der Waals surface area (Å²) in [5.41, 5.74) is -0.110. The molecule has 0 bridgehead atoms. The third-order valence-electron chi connectivity index (χ3n) is 3.53. The number of piperidine rings is 1. The van der Waals surface area contributed by atoms with E-state index in [1.54, 1.807) is 11.8 Å². The van der Waals surface area contributed by atoms with E-state index in [1.165, 1.54) is 12.1 Å². The molecular weight excluding hydrogens is 288 g/mol. The molecule has 0 aromatic heterocycles. The molecule has 1 aromatic rings. The van der Waals surface area contributed by atoms with Crippen molar-refractivity contribution in [3.8, 4) is 0 Å². The molecule has 0 atom stereocenters. The van der Waals surface area contributed by atoms with E-state index in [4.69, 9.17) is 4.74 Å². The quantitative estimate of drug-likeness (QED) is 0.484. The van der Waals surface area contributed by atoms with Gasteiger partial charge in [0.05, 0.1) is 17.1 Å². The van der Waals surface area contributed by atoms with E-state index in [0.29, 0.717) is 13.1 Å². The summed E-state index contributed by atoms with van der Waals surface area (Å²) in [6.07, 6.45) is 2.92. The standard InChI is InChI=1S/C15H18N2O5/c1-2-22-15(19)12-8-11(9-13(10-12)17(20)21)14(18)16-6-4-3-5-7-16/h8-10H,2-7H2,1H3. The van der Waals surface area contributed by atoms with Gasteiger partial charge in [0.25, 0.3) is 11.6 Å². The first-order chi connectivity index (χ1) is 10.5. The molecule has 1 fully saturated rings. The fourth-order valence-corrected chi connectivity index (χ4v) is 2.45. The van der Waals surface area contributed by atoms with Crippen molar-refractivity contribution in [1.29, 1.82) is 0 Å². The number of carbonyl (C=O) groups excluding carboxylic acids is 2. The Kier molecular flexibility index (Phi) is 5.08. The summed E-state index contributed by atoms with van der Waals surface area (Å²) in [6.45, 7) is 3.08. The first-order valence-electron chi connectivity index (χ1n) is 7.29. The molecule has 0 saturated carbocycles. The molecule has 1 aromatic carbocycles. The van der Waals surface area contributed by atoms with Gasteiger partial charge < -0.3 is 9.64 Å². The lowest BCUT2D eigenvalue weighted by atomic mass is 10.1. The third kappa shape index (κ3) is 3.60. The minimum atomic E-state index is -0.668. The zero-order chi connectivity index (χ0) is 16.1. The molecular formula is C15H18N2O5. The maximum atomic E-state index is 12.5. The first kappa shape index (κ1) is 15.9. The highest BCUT2D eigenvalue weighted by molar-refractivity contribution is 5.99. The van der Waals surface area contributed by atoms with Crippen LogP contribution in [-0.4, -0.2) is 41.4 Å². The van der Waals surface area contributed by atoms with Gasteiger partial charge in [0.2, 0.25) is 0 Å². The summed E-state index contributed by atoms with van der Waals surface area (Å²) >= 11 is 0. The van der Waals surface area contributed by atoms with Crippen molar-refractivity contribution in [2.45, 2.75) is 26.2 Å². The Morgan fingerprint density at radius 1 is 1.18 bits per heavy atom. The lowest BCUT2D eigenvalue weighted by Gasteiger charge is -2.26. The molecule has 2 rings (SSSR count). The predicted molar refractivity (Wildman–Crippen MR) is 78.8 cm³/mol. The van der Waals surface area contributed by atoms with Gasteiger partial charge in [-0.15, -0.1) is 0 Å². The van der Waals surface area contributed by atoms with Crippen LogP contribution in [0, 0.1) is 10.1 Å². The van der Waals surface area contributed by atoms with E-state index in [9.17, 15) is 19.7 Å². The van der Waals surface area contributed by atoms with Crippen molar-refractivity contribution < 1.29 is 19.2 Å². The molecule has 7 nitrogen and oxygen atoms in total. The minimum Gasteiger partial charge on any atom is -0.462 e. The van der Waals surface area contributed by atoms with Gasteiger partial charge in [0.1, 0.15) is 0 Å². The lowest BCUT2D eigenvalue weighted by Crippen LogP contribution is -2.35. The van der Waals surface area contributed by atoms with Gasteiger partial charge in [-0.1, -0.05) is 0 Å². The van der Waals surface area contributed by atoms with Crippen molar-refractivity contribution in [3.05, 3.63) is 39.4 Å². The second-order valence-electron chi connectivity index (χ2n) is 5.10. The Balaban J connectivity index is 2.34. The Labute approximate surface area is 128 Å². The van der Waals surface area contributed by atoms with Crippen molar-refractivity contribution in [3.63, 3.8) is 0 Å². The maximum Gasteiger partial charge on any atom is 0.338 e. The van der Waals surface area contributed by atoms with Crippen LogP contribution in [0.5, 0.6) is 0 Å². The summed E-state index contributed by atoms with van der Waals surface area (Å²) < 4.78 is 4.86. The Morgan fingerprint density at radius 3 is 2.41 bits per heavy atom. The Bertz CT molecular complexity index is 594. The second kappa shape index (κ2) is 7.02. The van der Waals surface area contributed by atoms with Crippen molar-refractivity contribution in [1.82, 2.24) is 4.90 Å². The SMILES string of the molecule is CCOC(=O)c1cc(C(=O)N2CCCCC2)cc([N+](=O)[O-])c1. The first-order valence-corrected chi connectivity index (χ1v) is 7.29. The zero-order valence-electron chi connectivity index (χ0n) is 12.4. The molecule has 1 heterocycles. The van der Waals surface area contributed by atoms with Gasteiger partial charge in [0.15, 0.2) is 0 Å². The van der Waals surface area contributed by atoms with Gasteiger partial charge >= 0.3 is 5.97 Å². The molecule has 1 amide bonds.